The van der Waals surface area contributed by atoms with Crippen LogP contribution < -0.4 is 0 Å². The molecule has 0 aliphatic rings. The van der Waals surface area contributed by atoms with Crippen molar-refractivity contribution in [2.24, 2.45) is 0 Å². The van der Waals surface area contributed by atoms with Gasteiger partial charge in [0.15, 0.2) is 5.65 Å². The third kappa shape index (κ3) is 4.19. The summed E-state index contributed by atoms with van der Waals surface area (Å²) in [7, 11) is 0. The summed E-state index contributed by atoms with van der Waals surface area (Å²) in [5, 5.41) is 5.30. The predicted octanol–water partition coefficient (Wildman–Crippen LogP) is 5.13. The van der Waals surface area contributed by atoms with Crippen molar-refractivity contribution in [2.45, 2.75) is 46.3 Å². The van der Waals surface area contributed by atoms with Gasteiger partial charge in [0.25, 0.3) is 5.91 Å². The maximum absolute atomic E-state index is 13.8. The average Bonchev–Trinajstić information content (AvgIpc) is 3.22. The van der Waals surface area contributed by atoms with Gasteiger partial charge in [-0.15, -0.1) is 0 Å². The fourth-order valence-corrected chi connectivity index (χ4v) is 3.64. The number of rotatable bonds is 6. The molecule has 1 aromatic carbocycles. The zero-order valence-corrected chi connectivity index (χ0v) is 18.4. The van der Waals surface area contributed by atoms with Gasteiger partial charge in [-0.2, -0.15) is 5.10 Å². The van der Waals surface area contributed by atoms with Gasteiger partial charge in [0.05, 0.1) is 35.1 Å². The number of carbonyl (C=O) groups is 1. The molecular formula is C25H27N5O. The van der Waals surface area contributed by atoms with Gasteiger partial charge in [0, 0.05) is 23.8 Å². The number of aromatic nitrogens is 4. The number of amides is 1. The summed E-state index contributed by atoms with van der Waals surface area (Å²) in [4.78, 5) is 24.9. The van der Waals surface area contributed by atoms with E-state index < -0.39 is 0 Å². The van der Waals surface area contributed by atoms with E-state index in [1.54, 1.807) is 12.4 Å². The number of hydrogen-bond acceptors (Lipinski definition) is 4. The Labute approximate surface area is 182 Å². The molecule has 1 amide bonds. The van der Waals surface area contributed by atoms with Crippen LogP contribution >= 0.6 is 0 Å². The molecule has 0 spiro atoms. The van der Waals surface area contributed by atoms with E-state index >= 15 is 0 Å². The van der Waals surface area contributed by atoms with Crippen LogP contribution in [0.15, 0.2) is 67.0 Å². The van der Waals surface area contributed by atoms with E-state index in [2.05, 4.69) is 23.9 Å². The summed E-state index contributed by atoms with van der Waals surface area (Å²) in [6.45, 7) is 8.61. The van der Waals surface area contributed by atoms with Crippen molar-refractivity contribution in [3.05, 3.63) is 78.2 Å². The minimum atomic E-state index is -0.0476. The third-order valence-electron chi connectivity index (χ3n) is 5.30. The quantitative estimate of drug-likeness (QED) is 0.440. The van der Waals surface area contributed by atoms with Crippen LogP contribution in [0.25, 0.3) is 22.3 Å². The van der Waals surface area contributed by atoms with Gasteiger partial charge in [-0.1, -0.05) is 36.4 Å². The summed E-state index contributed by atoms with van der Waals surface area (Å²) in [6, 6.07) is 17.7. The van der Waals surface area contributed by atoms with Crippen molar-refractivity contribution in [1.82, 2.24) is 24.6 Å². The lowest BCUT2D eigenvalue weighted by Crippen LogP contribution is -2.36. The van der Waals surface area contributed by atoms with E-state index in [1.807, 2.05) is 78.0 Å². The van der Waals surface area contributed by atoms with Crippen LogP contribution in [-0.4, -0.2) is 36.6 Å². The lowest BCUT2D eigenvalue weighted by Gasteiger charge is -2.27. The Morgan fingerprint density at radius 2 is 1.77 bits per heavy atom. The summed E-state index contributed by atoms with van der Waals surface area (Å²) in [6.07, 6.45) is 3.51. The van der Waals surface area contributed by atoms with Crippen LogP contribution in [0.3, 0.4) is 0 Å². The largest absolute Gasteiger partial charge is 0.330 e. The Kier molecular flexibility index (Phi) is 5.80. The average molecular weight is 414 g/mol. The van der Waals surface area contributed by atoms with Crippen LogP contribution in [0, 0.1) is 0 Å². The van der Waals surface area contributed by atoms with Crippen molar-refractivity contribution < 1.29 is 4.79 Å². The monoisotopic (exact) mass is 413 g/mol. The van der Waals surface area contributed by atoms with Gasteiger partial charge in [-0.05, 0) is 45.9 Å². The maximum atomic E-state index is 13.8. The molecule has 0 saturated carbocycles. The van der Waals surface area contributed by atoms with E-state index in [0.29, 0.717) is 12.1 Å². The molecule has 3 heterocycles. The van der Waals surface area contributed by atoms with Gasteiger partial charge >= 0.3 is 0 Å². The highest BCUT2D eigenvalue weighted by Crippen LogP contribution is 2.28. The van der Waals surface area contributed by atoms with Crippen LogP contribution in [0.5, 0.6) is 0 Å². The minimum Gasteiger partial charge on any atom is -0.330 e. The molecule has 0 N–H and O–H groups in total. The summed E-state index contributed by atoms with van der Waals surface area (Å²) in [5.41, 5.74) is 3.92. The van der Waals surface area contributed by atoms with E-state index in [-0.39, 0.29) is 18.0 Å². The molecular weight excluding hydrogens is 386 g/mol. The second-order valence-electron chi connectivity index (χ2n) is 8.19. The molecule has 4 aromatic rings. The minimum absolute atomic E-state index is 0.0121. The molecule has 0 bridgehead atoms. The van der Waals surface area contributed by atoms with Gasteiger partial charge in [-0.25, -0.2) is 9.67 Å². The molecule has 0 radical (unpaired) electrons. The summed E-state index contributed by atoms with van der Waals surface area (Å²) in [5.74, 6) is -0.0476. The highest BCUT2D eigenvalue weighted by Gasteiger charge is 2.24. The number of pyridine rings is 2. The standard InChI is InChI=1S/C25H27N5O/c1-17(2)29(16-20-12-8-9-13-26-20)25(31)21-14-23(19-10-6-5-7-11-19)28-24-22(21)15-27-30(24)18(3)4/h5-15,17-18H,16H2,1-4H3. The lowest BCUT2D eigenvalue weighted by molar-refractivity contribution is 0.0690. The predicted molar refractivity (Wildman–Crippen MR) is 123 cm³/mol. The fourth-order valence-electron chi connectivity index (χ4n) is 3.64. The maximum Gasteiger partial charge on any atom is 0.255 e. The zero-order valence-electron chi connectivity index (χ0n) is 18.4. The topological polar surface area (TPSA) is 63.9 Å². The number of benzene rings is 1. The second kappa shape index (κ2) is 8.68. The molecule has 0 saturated heterocycles. The van der Waals surface area contributed by atoms with Crippen molar-refractivity contribution >= 4 is 16.9 Å². The van der Waals surface area contributed by atoms with Crippen molar-refractivity contribution in [2.75, 3.05) is 0 Å². The van der Waals surface area contributed by atoms with Crippen LogP contribution in [-0.2, 0) is 6.54 Å². The third-order valence-corrected chi connectivity index (χ3v) is 5.30. The van der Waals surface area contributed by atoms with Gasteiger partial charge in [0.1, 0.15) is 0 Å². The van der Waals surface area contributed by atoms with Gasteiger partial charge in [0.2, 0.25) is 0 Å². The Morgan fingerprint density at radius 3 is 2.42 bits per heavy atom. The first kappa shape index (κ1) is 20.7. The molecule has 0 unspecified atom stereocenters. The van der Waals surface area contributed by atoms with Crippen molar-refractivity contribution in [1.29, 1.82) is 0 Å². The molecule has 158 valence electrons. The molecule has 4 rings (SSSR count). The molecule has 3 aromatic heterocycles. The van der Waals surface area contributed by atoms with Gasteiger partial charge < -0.3 is 4.90 Å². The molecule has 6 heteroatoms. The van der Waals surface area contributed by atoms with Crippen molar-refractivity contribution in [3.63, 3.8) is 0 Å². The highest BCUT2D eigenvalue weighted by molar-refractivity contribution is 6.06. The Morgan fingerprint density at radius 1 is 1.03 bits per heavy atom. The van der Waals surface area contributed by atoms with Gasteiger partial charge in [-0.3, -0.25) is 9.78 Å². The smallest absolute Gasteiger partial charge is 0.255 e. The molecule has 0 aliphatic carbocycles. The number of carbonyl (C=O) groups excluding carboxylic acids is 1. The first-order valence-electron chi connectivity index (χ1n) is 10.6. The summed E-state index contributed by atoms with van der Waals surface area (Å²) >= 11 is 0. The lowest BCUT2D eigenvalue weighted by atomic mass is 10.0. The number of hydrogen-bond donors (Lipinski definition) is 0. The highest BCUT2D eigenvalue weighted by atomic mass is 16.2. The Bertz CT molecular complexity index is 1180. The fraction of sp³-hybridized carbons (Fsp3) is 0.280. The van der Waals surface area contributed by atoms with E-state index in [0.717, 1.165) is 28.0 Å². The molecule has 0 aliphatic heterocycles. The van der Waals surface area contributed by atoms with E-state index in [4.69, 9.17) is 4.98 Å². The number of nitrogens with zero attached hydrogens (tertiary/aromatic N) is 5. The van der Waals surface area contributed by atoms with Crippen molar-refractivity contribution in [3.8, 4) is 11.3 Å². The Hall–Kier alpha value is -3.54. The van der Waals surface area contributed by atoms with Crippen LogP contribution in [0.1, 0.15) is 49.8 Å². The molecule has 6 nitrogen and oxygen atoms in total. The molecule has 0 fully saturated rings. The number of fused-ring (bicyclic) bond motifs is 1. The first-order chi connectivity index (χ1) is 15.0. The van der Waals surface area contributed by atoms with E-state index in [9.17, 15) is 4.79 Å². The molecule has 31 heavy (non-hydrogen) atoms. The SMILES string of the molecule is CC(C)N(Cc1ccccn1)C(=O)c1cc(-c2ccccc2)nc2c1cnn2C(C)C. The summed E-state index contributed by atoms with van der Waals surface area (Å²) < 4.78 is 1.87. The van der Waals surface area contributed by atoms with E-state index in [1.165, 1.54) is 0 Å². The van der Waals surface area contributed by atoms with Crippen LogP contribution in [0.2, 0.25) is 0 Å². The van der Waals surface area contributed by atoms with Crippen LogP contribution in [0.4, 0.5) is 0 Å². The Balaban J connectivity index is 1.85. The second-order valence-corrected chi connectivity index (χ2v) is 8.19. The first-order valence-corrected chi connectivity index (χ1v) is 10.6. The zero-order chi connectivity index (χ0) is 22.0. The molecule has 0 atom stereocenters. The normalized spacial score (nSPS) is 11.4.